The van der Waals surface area contributed by atoms with Crippen LogP contribution in [0.3, 0.4) is 0 Å². The van der Waals surface area contributed by atoms with Crippen molar-refractivity contribution in [3.05, 3.63) is 41.2 Å². The van der Waals surface area contributed by atoms with Crippen molar-refractivity contribution in [2.24, 2.45) is 0 Å². The molecular formula is C15H12ClF3N4O2. The highest BCUT2D eigenvalue weighted by atomic mass is 35.5. The average molecular weight is 373 g/mol. The molecule has 1 saturated carbocycles. The third-order valence-corrected chi connectivity index (χ3v) is 3.48. The van der Waals surface area contributed by atoms with E-state index in [1.54, 1.807) is 6.07 Å². The highest BCUT2D eigenvalue weighted by molar-refractivity contribution is 6.29. The van der Waals surface area contributed by atoms with E-state index in [1.165, 1.54) is 12.1 Å². The third-order valence-electron chi connectivity index (χ3n) is 3.28. The summed E-state index contributed by atoms with van der Waals surface area (Å²) in [5.41, 5.74) is 1.04. The molecule has 132 valence electrons. The van der Waals surface area contributed by atoms with E-state index >= 15 is 0 Å². The maximum absolute atomic E-state index is 12.1. The summed E-state index contributed by atoms with van der Waals surface area (Å²) in [5, 5.41) is 5.12. The number of nitrogens with zero attached hydrogens (tertiary/aromatic N) is 2. The minimum atomic E-state index is -4.77. The smallest absolute Gasteiger partial charge is 0.406 e. The number of rotatable bonds is 4. The molecule has 1 fully saturated rings. The van der Waals surface area contributed by atoms with Crippen molar-refractivity contribution in [1.29, 1.82) is 0 Å². The van der Waals surface area contributed by atoms with Crippen molar-refractivity contribution >= 4 is 29.3 Å². The summed E-state index contributed by atoms with van der Waals surface area (Å²) in [6, 6.07) is 5.73. The van der Waals surface area contributed by atoms with Gasteiger partial charge in [0, 0.05) is 11.6 Å². The number of urea groups is 1. The number of anilines is 2. The summed E-state index contributed by atoms with van der Waals surface area (Å²) in [7, 11) is 0. The zero-order valence-electron chi connectivity index (χ0n) is 12.6. The Morgan fingerprint density at radius 3 is 2.44 bits per heavy atom. The minimum absolute atomic E-state index is 0.0592. The molecule has 1 aromatic heterocycles. The molecule has 1 heterocycles. The summed E-state index contributed by atoms with van der Waals surface area (Å²) in [6.07, 6.45) is -2.73. The fraction of sp³-hybridized carbons (Fsp3) is 0.267. The predicted molar refractivity (Wildman–Crippen MR) is 84.8 cm³/mol. The first kappa shape index (κ1) is 17.3. The van der Waals surface area contributed by atoms with Gasteiger partial charge in [-0.05, 0) is 43.2 Å². The van der Waals surface area contributed by atoms with E-state index < -0.39 is 12.4 Å². The quantitative estimate of drug-likeness (QED) is 0.772. The number of halogens is 4. The summed E-state index contributed by atoms with van der Waals surface area (Å²) in [5.74, 6) is 0.0138. The maximum atomic E-state index is 12.1. The highest BCUT2D eigenvalue weighted by Gasteiger charge is 2.31. The van der Waals surface area contributed by atoms with Crippen LogP contribution in [0, 0.1) is 0 Å². The molecule has 0 saturated heterocycles. The van der Waals surface area contributed by atoms with Gasteiger partial charge in [0.25, 0.3) is 0 Å². The van der Waals surface area contributed by atoms with Gasteiger partial charge in [-0.15, -0.1) is 13.2 Å². The molecule has 2 amide bonds. The molecule has 0 spiro atoms. The minimum Gasteiger partial charge on any atom is -0.406 e. The number of hydrogen-bond donors (Lipinski definition) is 2. The van der Waals surface area contributed by atoms with Crippen LogP contribution in [0.25, 0.3) is 0 Å². The second kappa shape index (κ2) is 6.75. The number of ether oxygens (including phenoxy) is 1. The van der Waals surface area contributed by atoms with Crippen LogP contribution in [0.4, 0.5) is 29.6 Å². The Bertz CT molecular complexity index is 779. The lowest BCUT2D eigenvalue weighted by Gasteiger charge is -2.10. The first-order chi connectivity index (χ1) is 11.8. The molecule has 1 aliphatic rings. The van der Waals surface area contributed by atoms with E-state index in [0.29, 0.717) is 5.92 Å². The number of benzene rings is 1. The van der Waals surface area contributed by atoms with Crippen molar-refractivity contribution in [3.63, 3.8) is 0 Å². The molecule has 2 N–H and O–H groups in total. The Hall–Kier alpha value is -2.55. The molecule has 2 aromatic rings. The summed E-state index contributed by atoms with van der Waals surface area (Å²) in [6.45, 7) is 0. The molecular weight excluding hydrogens is 361 g/mol. The highest BCUT2D eigenvalue weighted by Crippen LogP contribution is 2.39. The summed E-state index contributed by atoms with van der Waals surface area (Å²) in [4.78, 5) is 20.1. The monoisotopic (exact) mass is 372 g/mol. The van der Waals surface area contributed by atoms with Gasteiger partial charge in [0.1, 0.15) is 10.9 Å². The predicted octanol–water partition coefficient (Wildman–Crippen LogP) is 4.55. The number of alkyl halides is 3. The van der Waals surface area contributed by atoms with E-state index in [2.05, 4.69) is 25.3 Å². The Morgan fingerprint density at radius 1 is 1.16 bits per heavy atom. The van der Waals surface area contributed by atoms with E-state index in [9.17, 15) is 18.0 Å². The number of amides is 2. The van der Waals surface area contributed by atoms with Crippen LogP contribution in [0.5, 0.6) is 5.75 Å². The van der Waals surface area contributed by atoms with Gasteiger partial charge in [0.05, 0.1) is 5.69 Å². The summed E-state index contributed by atoms with van der Waals surface area (Å²) >= 11 is 5.91. The fourth-order valence-electron chi connectivity index (χ4n) is 2.08. The topological polar surface area (TPSA) is 76.1 Å². The van der Waals surface area contributed by atoms with Crippen molar-refractivity contribution < 1.29 is 22.7 Å². The zero-order valence-corrected chi connectivity index (χ0v) is 13.4. The van der Waals surface area contributed by atoms with Gasteiger partial charge in [-0.3, -0.25) is 5.32 Å². The molecule has 0 unspecified atom stereocenters. The van der Waals surface area contributed by atoms with E-state index in [0.717, 1.165) is 30.7 Å². The number of aromatic nitrogens is 2. The fourth-order valence-corrected chi connectivity index (χ4v) is 2.27. The van der Waals surface area contributed by atoms with Crippen molar-refractivity contribution in [2.75, 3.05) is 10.6 Å². The van der Waals surface area contributed by atoms with Gasteiger partial charge in [0.15, 0.2) is 0 Å². The van der Waals surface area contributed by atoms with Crippen molar-refractivity contribution in [1.82, 2.24) is 9.97 Å². The Balaban J connectivity index is 1.61. The number of nitrogens with one attached hydrogen (secondary N) is 2. The van der Waals surface area contributed by atoms with Gasteiger partial charge in [0.2, 0.25) is 5.95 Å². The van der Waals surface area contributed by atoms with Crippen LogP contribution < -0.4 is 15.4 Å². The Labute approximate surface area is 145 Å². The summed E-state index contributed by atoms with van der Waals surface area (Å²) < 4.78 is 40.0. The standard InChI is InChI=1S/C15H12ClF3N4O2/c16-12-7-11(8-1-2-8)21-13(22-12)23-14(24)20-9-3-5-10(6-4-9)25-15(17,18)19/h3-8H,1-2H2,(H2,20,21,22,23,24). The van der Waals surface area contributed by atoms with Gasteiger partial charge in [-0.1, -0.05) is 11.6 Å². The zero-order chi connectivity index (χ0) is 18.0. The van der Waals surface area contributed by atoms with E-state index in [-0.39, 0.29) is 22.5 Å². The molecule has 6 nitrogen and oxygen atoms in total. The SMILES string of the molecule is O=C(Nc1ccc(OC(F)(F)F)cc1)Nc1nc(Cl)cc(C2CC2)n1. The molecule has 25 heavy (non-hydrogen) atoms. The van der Waals surface area contributed by atoms with Crippen LogP contribution in [0.2, 0.25) is 5.15 Å². The maximum Gasteiger partial charge on any atom is 0.573 e. The van der Waals surface area contributed by atoms with Crippen LogP contribution in [-0.2, 0) is 0 Å². The number of carbonyl (C=O) groups is 1. The first-order valence-corrected chi connectivity index (χ1v) is 7.64. The lowest BCUT2D eigenvalue weighted by Crippen LogP contribution is -2.21. The Morgan fingerprint density at radius 2 is 1.84 bits per heavy atom. The van der Waals surface area contributed by atoms with Gasteiger partial charge in [-0.2, -0.15) is 0 Å². The van der Waals surface area contributed by atoms with Crippen LogP contribution in [-0.4, -0.2) is 22.4 Å². The second-order valence-corrected chi connectivity index (χ2v) is 5.75. The van der Waals surface area contributed by atoms with Gasteiger partial charge < -0.3 is 10.1 Å². The molecule has 3 rings (SSSR count). The van der Waals surface area contributed by atoms with Crippen LogP contribution >= 0.6 is 11.6 Å². The van der Waals surface area contributed by atoms with Crippen molar-refractivity contribution in [2.45, 2.75) is 25.1 Å². The number of hydrogen-bond acceptors (Lipinski definition) is 4. The molecule has 0 aliphatic heterocycles. The molecule has 0 atom stereocenters. The second-order valence-electron chi connectivity index (χ2n) is 5.36. The third kappa shape index (κ3) is 5.21. The van der Waals surface area contributed by atoms with E-state index in [1.807, 2.05) is 0 Å². The van der Waals surface area contributed by atoms with Crippen molar-refractivity contribution in [3.8, 4) is 5.75 Å². The normalized spacial score (nSPS) is 14.1. The molecule has 0 bridgehead atoms. The molecule has 0 radical (unpaired) electrons. The number of carbonyl (C=O) groups excluding carboxylic acids is 1. The largest absolute Gasteiger partial charge is 0.573 e. The lowest BCUT2D eigenvalue weighted by atomic mass is 10.3. The molecule has 10 heteroatoms. The first-order valence-electron chi connectivity index (χ1n) is 7.27. The van der Waals surface area contributed by atoms with Gasteiger partial charge in [-0.25, -0.2) is 14.8 Å². The lowest BCUT2D eigenvalue weighted by molar-refractivity contribution is -0.274. The van der Waals surface area contributed by atoms with Crippen LogP contribution in [0.15, 0.2) is 30.3 Å². The molecule has 1 aromatic carbocycles. The van der Waals surface area contributed by atoms with Crippen LogP contribution in [0.1, 0.15) is 24.5 Å². The average Bonchev–Trinajstić information content (AvgIpc) is 3.31. The van der Waals surface area contributed by atoms with E-state index in [4.69, 9.17) is 11.6 Å². The molecule has 1 aliphatic carbocycles. The Kier molecular flexibility index (Phi) is 4.67. The van der Waals surface area contributed by atoms with Gasteiger partial charge >= 0.3 is 12.4 Å².